The van der Waals surface area contributed by atoms with Crippen molar-refractivity contribution in [1.29, 1.82) is 0 Å². The number of rotatable bonds is 6. The van der Waals surface area contributed by atoms with Crippen LogP contribution in [0.1, 0.15) is 13.8 Å². The Morgan fingerprint density at radius 3 is 1.48 bits per heavy atom. The van der Waals surface area contributed by atoms with Gasteiger partial charge in [0, 0.05) is 9.32 Å². The van der Waals surface area contributed by atoms with Crippen molar-refractivity contribution in [1.82, 2.24) is 0 Å². The van der Waals surface area contributed by atoms with Gasteiger partial charge in [0.2, 0.25) is 0 Å². The maximum Gasteiger partial charge on any atom is 0.0718 e. The fourth-order valence-electron chi connectivity index (χ4n) is 2.45. The summed E-state index contributed by atoms with van der Waals surface area (Å²) < 4.78 is 16.2. The zero-order chi connectivity index (χ0) is 22.9. The van der Waals surface area contributed by atoms with Crippen LogP contribution in [0.4, 0.5) is 0 Å². The van der Waals surface area contributed by atoms with Gasteiger partial charge in [-0.2, -0.15) is 0 Å². The lowest BCUT2D eigenvalue weighted by atomic mass is 10.4. The smallest absolute Gasteiger partial charge is 0.0718 e. The molecule has 0 aliphatic carbocycles. The first-order chi connectivity index (χ1) is 16.1. The van der Waals surface area contributed by atoms with E-state index in [4.69, 9.17) is 0 Å². The molecule has 0 radical (unpaired) electrons. The second kappa shape index (κ2) is 13.0. The van der Waals surface area contributed by atoms with E-state index in [1.54, 1.807) is 0 Å². The van der Waals surface area contributed by atoms with Crippen LogP contribution in [0.15, 0.2) is 63.0 Å². The number of allylic oxidation sites excluding steroid dienone is 1. The van der Waals surface area contributed by atoms with Crippen molar-refractivity contribution in [3.63, 3.8) is 0 Å². The summed E-state index contributed by atoms with van der Waals surface area (Å²) in [5.74, 6) is 0. The molecule has 5 rings (SSSR count). The Morgan fingerprint density at radius 2 is 1.00 bits per heavy atom. The summed E-state index contributed by atoms with van der Waals surface area (Å²) in [7, 11) is 0. The van der Waals surface area contributed by atoms with Crippen LogP contribution in [0.25, 0.3) is 0 Å². The Bertz CT molecular complexity index is 1050. The minimum Gasteiger partial charge on any atom is -0.121 e. The second-order valence-electron chi connectivity index (χ2n) is 6.30. The average molecular weight is 693 g/mol. The molecule has 0 aromatic rings. The molecule has 0 spiro atoms. The number of thioether (sulfide) groups is 14. The molecule has 0 nitrogen and oxygen atoms in total. The molecule has 33 heavy (non-hydrogen) atoms. The SMILES string of the molecule is CSC1=C(SCSC2=C(SC)SC(=C3SC4=C(SC(=C(C)C)S4)S3)S2)SC(=C2SC=CS2)S1. The van der Waals surface area contributed by atoms with Crippen LogP contribution in [0.2, 0.25) is 0 Å². The van der Waals surface area contributed by atoms with Crippen LogP contribution in [0.5, 0.6) is 0 Å². The van der Waals surface area contributed by atoms with Gasteiger partial charge >= 0.3 is 0 Å². The molecule has 5 heterocycles. The van der Waals surface area contributed by atoms with E-state index in [-0.39, 0.29) is 0 Å². The third-order valence-electron chi connectivity index (χ3n) is 3.88. The minimum atomic E-state index is 1.06. The fourth-order valence-corrected chi connectivity index (χ4v) is 22.5. The van der Waals surface area contributed by atoms with Gasteiger partial charge in [-0.25, -0.2) is 0 Å². The zero-order valence-electron chi connectivity index (χ0n) is 17.6. The van der Waals surface area contributed by atoms with E-state index >= 15 is 0 Å². The molecule has 14 heteroatoms. The van der Waals surface area contributed by atoms with Gasteiger partial charge < -0.3 is 0 Å². The lowest BCUT2D eigenvalue weighted by Crippen LogP contribution is -1.75. The van der Waals surface area contributed by atoms with Crippen molar-refractivity contribution < 1.29 is 0 Å². The molecule has 0 fully saturated rings. The van der Waals surface area contributed by atoms with Crippen molar-refractivity contribution in [2.24, 2.45) is 0 Å². The van der Waals surface area contributed by atoms with E-state index in [1.165, 1.54) is 52.2 Å². The van der Waals surface area contributed by atoms with Crippen molar-refractivity contribution in [3.05, 3.63) is 63.0 Å². The van der Waals surface area contributed by atoms with Crippen LogP contribution in [0, 0.1) is 0 Å². The summed E-state index contributed by atoms with van der Waals surface area (Å²) in [5, 5.41) is 5.44. The highest BCUT2D eigenvalue weighted by Crippen LogP contribution is 2.71. The van der Waals surface area contributed by atoms with E-state index in [0.29, 0.717) is 0 Å². The zero-order valence-corrected chi connectivity index (χ0v) is 29.0. The van der Waals surface area contributed by atoms with Gasteiger partial charge in [0.05, 0.1) is 42.4 Å². The lowest BCUT2D eigenvalue weighted by Gasteiger charge is -2.06. The van der Waals surface area contributed by atoms with Crippen LogP contribution < -0.4 is 0 Å². The van der Waals surface area contributed by atoms with Gasteiger partial charge in [0.15, 0.2) is 0 Å². The maximum absolute atomic E-state index is 2.22. The Balaban J connectivity index is 1.18. The van der Waals surface area contributed by atoms with Crippen LogP contribution in [0.3, 0.4) is 0 Å². The van der Waals surface area contributed by atoms with Crippen molar-refractivity contribution in [3.8, 4) is 0 Å². The van der Waals surface area contributed by atoms with Crippen molar-refractivity contribution in [2.75, 3.05) is 17.6 Å². The predicted octanol–water partition coefficient (Wildman–Crippen LogP) is 12.9. The molecule has 0 bridgehead atoms. The summed E-state index contributed by atoms with van der Waals surface area (Å²) in [6.45, 7) is 4.43. The molecule has 176 valence electrons. The third-order valence-corrected chi connectivity index (χ3v) is 24.0. The Hall–Kier alpha value is 3.08. The predicted molar refractivity (Wildman–Crippen MR) is 186 cm³/mol. The molecule has 0 amide bonds. The van der Waals surface area contributed by atoms with Crippen molar-refractivity contribution in [2.45, 2.75) is 13.8 Å². The largest absolute Gasteiger partial charge is 0.121 e. The van der Waals surface area contributed by atoms with Gasteiger partial charge in [0.25, 0.3) is 0 Å². The van der Waals surface area contributed by atoms with Crippen LogP contribution in [-0.2, 0) is 0 Å². The molecule has 0 aromatic heterocycles. The first-order valence-corrected chi connectivity index (χ1v) is 21.9. The van der Waals surface area contributed by atoms with Crippen LogP contribution >= 0.6 is 165 Å². The Kier molecular flexibility index (Phi) is 10.9. The molecule has 5 aliphatic rings. The van der Waals surface area contributed by atoms with E-state index in [0.717, 1.165) is 5.08 Å². The Labute approximate surface area is 255 Å². The molecule has 0 aromatic carbocycles. The summed E-state index contributed by atoms with van der Waals surface area (Å²) >= 11 is 27.3. The summed E-state index contributed by atoms with van der Waals surface area (Å²) in [6, 6.07) is 0. The summed E-state index contributed by atoms with van der Waals surface area (Å²) in [5.41, 5.74) is 1.43. The number of hydrogen-bond acceptors (Lipinski definition) is 14. The highest BCUT2D eigenvalue weighted by molar-refractivity contribution is 8.50. The first kappa shape index (κ1) is 27.6. The quantitative estimate of drug-likeness (QED) is 0.242. The third kappa shape index (κ3) is 6.63. The number of hydrogen-bond donors (Lipinski definition) is 0. The summed E-state index contributed by atoms with van der Waals surface area (Å²) in [4.78, 5) is 0. The first-order valence-electron chi connectivity index (χ1n) is 9.19. The minimum absolute atomic E-state index is 1.06. The van der Waals surface area contributed by atoms with Gasteiger partial charge in [-0.05, 0) is 37.2 Å². The molecule has 0 atom stereocenters. The van der Waals surface area contributed by atoms with E-state index in [9.17, 15) is 0 Å². The lowest BCUT2D eigenvalue weighted by molar-refractivity contribution is 1.41. The van der Waals surface area contributed by atoms with E-state index in [1.807, 2.05) is 165 Å². The highest BCUT2D eigenvalue weighted by Gasteiger charge is 2.35. The summed E-state index contributed by atoms with van der Waals surface area (Å²) in [6.07, 6.45) is 4.42. The normalized spacial score (nSPS) is 23.0. The van der Waals surface area contributed by atoms with Crippen LogP contribution in [-0.4, -0.2) is 17.6 Å². The molecule has 5 aliphatic heterocycles. The van der Waals surface area contributed by atoms with Crippen molar-refractivity contribution >= 4 is 165 Å². The highest BCUT2D eigenvalue weighted by atomic mass is 32.3. The average Bonchev–Trinajstić information content (AvgIpc) is 3.60. The molecular weight excluding hydrogens is 677 g/mol. The molecule has 0 unspecified atom stereocenters. The monoisotopic (exact) mass is 692 g/mol. The van der Waals surface area contributed by atoms with Gasteiger partial charge in [0.1, 0.15) is 0 Å². The maximum atomic E-state index is 2.22. The standard InChI is InChI=1S/C19H16S14/c1-8(2)9-26-16-17(27-9)33-19(32-16)18-29-11(21-4)14(31-18)25-7-24-13-10(20-3)28-15(30-13)12-22-5-6-23-12/h5-6H,7H2,1-4H3. The van der Waals surface area contributed by atoms with Gasteiger partial charge in [-0.1, -0.05) is 123 Å². The van der Waals surface area contributed by atoms with Gasteiger partial charge in [-0.15, -0.1) is 47.0 Å². The fraction of sp³-hybridized carbons (Fsp3) is 0.263. The topological polar surface area (TPSA) is 0 Å². The second-order valence-corrected chi connectivity index (χ2v) is 23.1. The molecular formula is C19H16S14. The Morgan fingerprint density at radius 1 is 0.576 bits per heavy atom. The van der Waals surface area contributed by atoms with E-state index in [2.05, 4.69) is 37.2 Å². The van der Waals surface area contributed by atoms with Gasteiger partial charge in [-0.3, -0.25) is 0 Å². The molecule has 0 N–H and O–H groups in total. The molecule has 0 saturated carbocycles. The van der Waals surface area contributed by atoms with E-state index < -0.39 is 0 Å². The molecule has 0 saturated heterocycles.